The first-order chi connectivity index (χ1) is 9.47. The number of methoxy groups -OCH3 is 1. The van der Waals surface area contributed by atoms with Gasteiger partial charge in [0.2, 0.25) is 0 Å². The van der Waals surface area contributed by atoms with Crippen LogP contribution in [-0.2, 0) is 6.54 Å². The zero-order chi connectivity index (χ0) is 15.1. The van der Waals surface area contributed by atoms with E-state index in [-0.39, 0.29) is 24.7 Å². The number of hydrogen-bond donors (Lipinski definition) is 2. The summed E-state index contributed by atoms with van der Waals surface area (Å²) in [4.78, 5) is 0. The minimum Gasteiger partial charge on any atom is -0.493 e. The molecular formula is C16H27NO3. The molecule has 0 aromatic heterocycles. The maximum Gasteiger partial charge on any atom is 0.161 e. The van der Waals surface area contributed by atoms with Crippen molar-refractivity contribution in [3.8, 4) is 11.5 Å². The average Bonchev–Trinajstić information content (AvgIpc) is 2.44. The van der Waals surface area contributed by atoms with E-state index in [0.717, 1.165) is 23.6 Å². The molecule has 4 heteroatoms. The molecule has 0 heterocycles. The van der Waals surface area contributed by atoms with E-state index >= 15 is 0 Å². The number of aliphatic hydroxyl groups excluding tert-OH is 1. The first-order valence-corrected chi connectivity index (χ1v) is 7.15. The second kappa shape index (κ2) is 8.12. The predicted molar refractivity (Wildman–Crippen MR) is 81.3 cm³/mol. The Morgan fingerprint density at radius 2 is 1.85 bits per heavy atom. The van der Waals surface area contributed by atoms with Gasteiger partial charge in [0.1, 0.15) is 0 Å². The lowest BCUT2D eigenvalue weighted by atomic mass is 10.0. The number of hydrogen-bond acceptors (Lipinski definition) is 4. The lowest BCUT2D eigenvalue weighted by Gasteiger charge is -2.20. The standard InChI is InChI=1S/C16H27NO3/c1-11(2)20-15-7-6-14(8-16(15)19-5)9-17-13(4)12(3)10-18/h6-8,11-13,17-18H,9-10H2,1-5H3. The highest BCUT2D eigenvalue weighted by Gasteiger charge is 2.11. The lowest BCUT2D eigenvalue weighted by molar-refractivity contribution is 0.207. The number of aliphatic hydroxyl groups is 1. The van der Waals surface area contributed by atoms with Gasteiger partial charge >= 0.3 is 0 Å². The van der Waals surface area contributed by atoms with Crippen LogP contribution in [0.2, 0.25) is 0 Å². The molecule has 4 nitrogen and oxygen atoms in total. The molecule has 0 aliphatic heterocycles. The molecule has 2 unspecified atom stereocenters. The van der Waals surface area contributed by atoms with Crippen LogP contribution < -0.4 is 14.8 Å². The Balaban J connectivity index is 2.68. The Kier molecular flexibility index (Phi) is 6.82. The normalized spacial score (nSPS) is 14.2. The van der Waals surface area contributed by atoms with E-state index in [0.29, 0.717) is 0 Å². The van der Waals surface area contributed by atoms with Crippen molar-refractivity contribution in [1.82, 2.24) is 5.32 Å². The van der Waals surface area contributed by atoms with Gasteiger partial charge in [-0.05, 0) is 44.4 Å². The van der Waals surface area contributed by atoms with Gasteiger partial charge < -0.3 is 19.9 Å². The zero-order valence-electron chi connectivity index (χ0n) is 13.1. The summed E-state index contributed by atoms with van der Waals surface area (Å²) in [5.41, 5.74) is 1.13. The van der Waals surface area contributed by atoms with Crippen LogP contribution in [0.5, 0.6) is 11.5 Å². The van der Waals surface area contributed by atoms with E-state index in [1.165, 1.54) is 0 Å². The molecule has 0 bridgehead atoms. The van der Waals surface area contributed by atoms with Crippen molar-refractivity contribution in [3.05, 3.63) is 23.8 Å². The minimum atomic E-state index is 0.123. The van der Waals surface area contributed by atoms with Crippen LogP contribution in [0, 0.1) is 5.92 Å². The molecule has 0 spiro atoms. The van der Waals surface area contributed by atoms with Gasteiger partial charge in [-0.1, -0.05) is 13.0 Å². The van der Waals surface area contributed by atoms with Crippen LogP contribution in [-0.4, -0.2) is 31.0 Å². The van der Waals surface area contributed by atoms with Crippen LogP contribution in [0.4, 0.5) is 0 Å². The molecule has 2 atom stereocenters. The second-order valence-electron chi connectivity index (χ2n) is 5.48. The van der Waals surface area contributed by atoms with Crippen molar-refractivity contribution in [2.45, 2.75) is 46.4 Å². The third kappa shape index (κ3) is 5.02. The summed E-state index contributed by atoms with van der Waals surface area (Å²) in [6.07, 6.45) is 0.123. The molecular weight excluding hydrogens is 254 g/mol. The van der Waals surface area contributed by atoms with Crippen molar-refractivity contribution in [2.75, 3.05) is 13.7 Å². The lowest BCUT2D eigenvalue weighted by Crippen LogP contribution is -2.33. The monoisotopic (exact) mass is 281 g/mol. The highest BCUT2D eigenvalue weighted by atomic mass is 16.5. The van der Waals surface area contributed by atoms with E-state index in [2.05, 4.69) is 12.2 Å². The predicted octanol–water partition coefficient (Wildman–Crippen LogP) is 2.59. The third-order valence-corrected chi connectivity index (χ3v) is 3.36. The summed E-state index contributed by atoms with van der Waals surface area (Å²) in [5, 5.41) is 12.5. The number of benzene rings is 1. The fourth-order valence-electron chi connectivity index (χ4n) is 1.81. The molecule has 1 rings (SSSR count). The van der Waals surface area contributed by atoms with Crippen molar-refractivity contribution >= 4 is 0 Å². The van der Waals surface area contributed by atoms with Gasteiger partial charge in [-0.25, -0.2) is 0 Å². The van der Waals surface area contributed by atoms with E-state index in [4.69, 9.17) is 14.6 Å². The molecule has 1 aromatic rings. The molecule has 0 amide bonds. The smallest absolute Gasteiger partial charge is 0.161 e. The van der Waals surface area contributed by atoms with Crippen LogP contribution in [0.15, 0.2) is 18.2 Å². The topological polar surface area (TPSA) is 50.7 Å². The first-order valence-electron chi connectivity index (χ1n) is 7.15. The van der Waals surface area contributed by atoms with E-state index in [1.54, 1.807) is 7.11 Å². The minimum absolute atomic E-state index is 0.123. The van der Waals surface area contributed by atoms with E-state index in [1.807, 2.05) is 39.0 Å². The fourth-order valence-corrected chi connectivity index (χ4v) is 1.81. The molecule has 0 saturated heterocycles. The molecule has 0 radical (unpaired) electrons. The van der Waals surface area contributed by atoms with Gasteiger partial charge in [-0.3, -0.25) is 0 Å². The Hall–Kier alpha value is -1.26. The average molecular weight is 281 g/mol. The molecule has 20 heavy (non-hydrogen) atoms. The summed E-state index contributed by atoms with van der Waals surface area (Å²) in [6.45, 7) is 9.02. The molecule has 114 valence electrons. The molecule has 0 fully saturated rings. The van der Waals surface area contributed by atoms with Crippen molar-refractivity contribution in [2.24, 2.45) is 5.92 Å². The SMILES string of the molecule is COc1cc(CNC(C)C(C)CO)ccc1OC(C)C. The third-order valence-electron chi connectivity index (χ3n) is 3.36. The molecule has 0 aliphatic rings. The Morgan fingerprint density at radius 3 is 2.40 bits per heavy atom. The number of ether oxygens (including phenoxy) is 2. The van der Waals surface area contributed by atoms with Crippen LogP contribution >= 0.6 is 0 Å². The van der Waals surface area contributed by atoms with Crippen molar-refractivity contribution in [3.63, 3.8) is 0 Å². The van der Waals surface area contributed by atoms with Gasteiger partial charge in [-0.15, -0.1) is 0 Å². The highest BCUT2D eigenvalue weighted by Crippen LogP contribution is 2.29. The largest absolute Gasteiger partial charge is 0.493 e. The van der Waals surface area contributed by atoms with Gasteiger partial charge in [0.05, 0.1) is 13.2 Å². The van der Waals surface area contributed by atoms with E-state index < -0.39 is 0 Å². The Labute approximate surface area is 122 Å². The van der Waals surface area contributed by atoms with Crippen LogP contribution in [0.3, 0.4) is 0 Å². The molecule has 1 aromatic carbocycles. The first kappa shape index (κ1) is 16.8. The van der Waals surface area contributed by atoms with Crippen LogP contribution in [0.25, 0.3) is 0 Å². The molecule has 0 saturated carbocycles. The Bertz CT molecular complexity index is 407. The number of rotatable bonds is 8. The fraction of sp³-hybridized carbons (Fsp3) is 0.625. The summed E-state index contributed by atoms with van der Waals surface area (Å²) >= 11 is 0. The van der Waals surface area contributed by atoms with Gasteiger partial charge in [0.15, 0.2) is 11.5 Å². The van der Waals surface area contributed by atoms with Crippen molar-refractivity contribution in [1.29, 1.82) is 0 Å². The summed E-state index contributed by atoms with van der Waals surface area (Å²) in [5.74, 6) is 1.75. The van der Waals surface area contributed by atoms with Crippen molar-refractivity contribution < 1.29 is 14.6 Å². The molecule has 2 N–H and O–H groups in total. The second-order valence-corrected chi connectivity index (χ2v) is 5.48. The Morgan fingerprint density at radius 1 is 1.15 bits per heavy atom. The maximum absolute atomic E-state index is 9.13. The highest BCUT2D eigenvalue weighted by molar-refractivity contribution is 5.43. The van der Waals surface area contributed by atoms with Gasteiger partial charge in [0, 0.05) is 19.2 Å². The van der Waals surface area contributed by atoms with E-state index in [9.17, 15) is 0 Å². The zero-order valence-corrected chi connectivity index (χ0v) is 13.1. The molecule has 0 aliphatic carbocycles. The van der Waals surface area contributed by atoms with Crippen LogP contribution in [0.1, 0.15) is 33.3 Å². The summed E-state index contributed by atoms with van der Waals surface area (Å²) < 4.78 is 11.1. The van der Waals surface area contributed by atoms with Gasteiger partial charge in [0.25, 0.3) is 0 Å². The van der Waals surface area contributed by atoms with Gasteiger partial charge in [-0.2, -0.15) is 0 Å². The quantitative estimate of drug-likeness (QED) is 0.769. The number of nitrogens with one attached hydrogen (secondary N) is 1. The summed E-state index contributed by atoms with van der Waals surface area (Å²) in [6, 6.07) is 6.22. The summed E-state index contributed by atoms with van der Waals surface area (Å²) in [7, 11) is 1.65. The maximum atomic E-state index is 9.13.